The molecule has 31 heavy (non-hydrogen) atoms. The molecule has 0 saturated heterocycles. The number of carbonyl (C=O) groups is 1. The molecule has 0 spiro atoms. The van der Waals surface area contributed by atoms with Gasteiger partial charge in [0.15, 0.2) is 0 Å². The molecule has 0 aromatic heterocycles. The van der Waals surface area contributed by atoms with Gasteiger partial charge >= 0.3 is 0 Å². The second kappa shape index (κ2) is 9.13. The molecule has 0 bridgehead atoms. The minimum atomic E-state index is -4.00. The molecule has 3 aromatic carbocycles. The molecule has 0 aliphatic carbocycles. The number of benzene rings is 3. The standard InChI is InChI=1S/C22H20F2N2O4S/c1-3-30-17-11-9-15(10-12-17)26-31(28,29)20-13-16(8-7-14(20)2)25-22(27)21-18(23)5-4-6-19(21)24/h4-13,26H,3H2,1-2H3,(H,25,27). The van der Waals surface area contributed by atoms with Crippen LogP contribution in [0.25, 0.3) is 0 Å². The van der Waals surface area contributed by atoms with Crippen molar-refractivity contribution in [1.82, 2.24) is 0 Å². The van der Waals surface area contributed by atoms with E-state index in [1.165, 1.54) is 18.2 Å². The van der Waals surface area contributed by atoms with E-state index in [0.717, 1.165) is 18.2 Å². The van der Waals surface area contributed by atoms with Gasteiger partial charge in [0.2, 0.25) is 0 Å². The summed E-state index contributed by atoms with van der Waals surface area (Å²) in [7, 11) is -4.00. The first-order valence-corrected chi connectivity index (χ1v) is 10.8. The molecule has 2 N–H and O–H groups in total. The second-order valence-electron chi connectivity index (χ2n) is 6.59. The van der Waals surface area contributed by atoms with Gasteiger partial charge in [0, 0.05) is 11.4 Å². The van der Waals surface area contributed by atoms with E-state index in [0.29, 0.717) is 23.6 Å². The fourth-order valence-corrected chi connectivity index (χ4v) is 4.20. The Morgan fingerprint density at radius 2 is 1.58 bits per heavy atom. The van der Waals surface area contributed by atoms with Crippen LogP contribution in [0.1, 0.15) is 22.8 Å². The number of aryl methyl sites for hydroxylation is 1. The minimum absolute atomic E-state index is 0.0744. The van der Waals surface area contributed by atoms with Crippen LogP contribution in [-0.2, 0) is 10.0 Å². The average Bonchev–Trinajstić information content (AvgIpc) is 2.70. The Labute approximate surface area is 178 Å². The van der Waals surface area contributed by atoms with Crippen molar-refractivity contribution in [2.24, 2.45) is 0 Å². The fourth-order valence-electron chi connectivity index (χ4n) is 2.87. The molecule has 0 fully saturated rings. The van der Waals surface area contributed by atoms with E-state index < -0.39 is 33.1 Å². The molecule has 0 unspecified atom stereocenters. The zero-order chi connectivity index (χ0) is 22.6. The molecule has 9 heteroatoms. The minimum Gasteiger partial charge on any atom is -0.494 e. The lowest BCUT2D eigenvalue weighted by Crippen LogP contribution is -2.18. The fraction of sp³-hybridized carbons (Fsp3) is 0.136. The molecule has 0 saturated carbocycles. The Kier molecular flexibility index (Phi) is 6.55. The third-order valence-corrected chi connectivity index (χ3v) is 5.87. The van der Waals surface area contributed by atoms with Crippen LogP contribution in [0.2, 0.25) is 0 Å². The van der Waals surface area contributed by atoms with Crippen LogP contribution in [-0.4, -0.2) is 20.9 Å². The Bertz CT molecular complexity index is 1190. The number of carbonyl (C=O) groups excluding carboxylic acids is 1. The van der Waals surface area contributed by atoms with E-state index in [1.54, 1.807) is 31.2 Å². The van der Waals surface area contributed by atoms with Gasteiger partial charge in [0.1, 0.15) is 22.9 Å². The van der Waals surface area contributed by atoms with E-state index in [4.69, 9.17) is 4.74 Å². The molecule has 0 aliphatic heterocycles. The summed E-state index contributed by atoms with van der Waals surface area (Å²) in [6, 6.07) is 13.6. The Morgan fingerprint density at radius 3 is 2.19 bits per heavy atom. The van der Waals surface area contributed by atoms with Crippen molar-refractivity contribution < 1.29 is 26.7 Å². The monoisotopic (exact) mass is 446 g/mol. The first-order chi connectivity index (χ1) is 14.7. The van der Waals surface area contributed by atoms with E-state index in [-0.39, 0.29) is 10.6 Å². The van der Waals surface area contributed by atoms with Gasteiger partial charge < -0.3 is 10.1 Å². The van der Waals surface area contributed by atoms with Gasteiger partial charge in [-0.2, -0.15) is 0 Å². The third-order valence-electron chi connectivity index (χ3n) is 4.34. The summed E-state index contributed by atoms with van der Waals surface area (Å²) in [5, 5.41) is 2.34. The quantitative estimate of drug-likeness (QED) is 0.550. The van der Waals surface area contributed by atoms with Crippen molar-refractivity contribution in [1.29, 1.82) is 0 Å². The number of nitrogens with one attached hydrogen (secondary N) is 2. The van der Waals surface area contributed by atoms with Crippen LogP contribution in [0.4, 0.5) is 20.2 Å². The Hall–Kier alpha value is -3.46. The molecule has 3 rings (SSSR count). The lowest BCUT2D eigenvalue weighted by atomic mass is 10.1. The molecule has 0 heterocycles. The van der Waals surface area contributed by atoms with Crippen LogP contribution in [0, 0.1) is 18.6 Å². The van der Waals surface area contributed by atoms with Crippen molar-refractivity contribution in [3.05, 3.63) is 83.4 Å². The molecule has 0 atom stereocenters. The third kappa shape index (κ3) is 5.18. The summed E-state index contributed by atoms with van der Waals surface area (Å²) < 4.78 is 61.2. The maximum Gasteiger partial charge on any atom is 0.262 e. The van der Waals surface area contributed by atoms with E-state index in [2.05, 4.69) is 10.0 Å². The number of ether oxygens (including phenoxy) is 1. The molecule has 6 nitrogen and oxygen atoms in total. The van der Waals surface area contributed by atoms with Crippen molar-refractivity contribution in [3.8, 4) is 5.75 Å². The van der Waals surface area contributed by atoms with E-state index in [9.17, 15) is 22.0 Å². The topological polar surface area (TPSA) is 84.5 Å². The maximum atomic E-state index is 13.8. The lowest BCUT2D eigenvalue weighted by molar-refractivity contribution is 0.101. The highest BCUT2D eigenvalue weighted by Crippen LogP contribution is 2.25. The zero-order valence-electron chi connectivity index (χ0n) is 16.8. The van der Waals surface area contributed by atoms with E-state index >= 15 is 0 Å². The zero-order valence-corrected chi connectivity index (χ0v) is 17.6. The van der Waals surface area contributed by atoms with Crippen molar-refractivity contribution in [2.45, 2.75) is 18.7 Å². The summed E-state index contributed by atoms with van der Waals surface area (Å²) in [6.45, 7) is 3.92. The molecular formula is C22H20F2N2O4S. The van der Waals surface area contributed by atoms with Crippen LogP contribution in [0.5, 0.6) is 5.75 Å². The normalized spacial score (nSPS) is 11.1. The first-order valence-electron chi connectivity index (χ1n) is 9.33. The number of amides is 1. The van der Waals surface area contributed by atoms with Crippen molar-refractivity contribution >= 4 is 27.3 Å². The molecule has 0 aliphatic rings. The SMILES string of the molecule is CCOc1ccc(NS(=O)(=O)c2cc(NC(=O)c3c(F)cccc3F)ccc2C)cc1. The predicted octanol–water partition coefficient (Wildman–Crippen LogP) is 4.73. The van der Waals surface area contributed by atoms with Crippen LogP contribution in [0.3, 0.4) is 0 Å². The molecule has 1 amide bonds. The highest BCUT2D eigenvalue weighted by Gasteiger charge is 2.20. The maximum absolute atomic E-state index is 13.8. The highest BCUT2D eigenvalue weighted by molar-refractivity contribution is 7.92. The largest absolute Gasteiger partial charge is 0.494 e. The van der Waals surface area contributed by atoms with Crippen LogP contribution in [0.15, 0.2) is 65.6 Å². The summed E-state index contributed by atoms with van der Waals surface area (Å²) in [6.07, 6.45) is 0. The molecule has 0 radical (unpaired) electrons. The summed E-state index contributed by atoms with van der Waals surface area (Å²) in [4.78, 5) is 12.2. The van der Waals surface area contributed by atoms with Gasteiger partial charge in [0.05, 0.1) is 11.5 Å². The van der Waals surface area contributed by atoms with Gasteiger partial charge in [-0.3, -0.25) is 9.52 Å². The highest BCUT2D eigenvalue weighted by atomic mass is 32.2. The Morgan fingerprint density at radius 1 is 0.968 bits per heavy atom. The Balaban J connectivity index is 1.85. The predicted molar refractivity (Wildman–Crippen MR) is 114 cm³/mol. The molecular weight excluding hydrogens is 426 g/mol. The summed E-state index contributed by atoms with van der Waals surface area (Å²) >= 11 is 0. The number of rotatable bonds is 7. The number of hydrogen-bond acceptors (Lipinski definition) is 4. The smallest absolute Gasteiger partial charge is 0.262 e. The van der Waals surface area contributed by atoms with Gasteiger partial charge in [-0.05, 0) is 67.9 Å². The molecule has 162 valence electrons. The van der Waals surface area contributed by atoms with Crippen LogP contribution >= 0.6 is 0 Å². The van der Waals surface area contributed by atoms with Gasteiger partial charge in [0.25, 0.3) is 15.9 Å². The number of anilines is 2. The van der Waals surface area contributed by atoms with Gasteiger partial charge in [-0.15, -0.1) is 0 Å². The van der Waals surface area contributed by atoms with E-state index in [1.807, 2.05) is 6.92 Å². The number of halogens is 2. The first kappa shape index (κ1) is 22.2. The van der Waals surface area contributed by atoms with Gasteiger partial charge in [-0.1, -0.05) is 12.1 Å². The average molecular weight is 446 g/mol. The second-order valence-corrected chi connectivity index (χ2v) is 8.24. The summed E-state index contributed by atoms with van der Waals surface area (Å²) in [5.41, 5.74) is 0.0737. The van der Waals surface area contributed by atoms with Crippen molar-refractivity contribution in [3.63, 3.8) is 0 Å². The lowest BCUT2D eigenvalue weighted by Gasteiger charge is -2.13. The number of sulfonamides is 1. The summed E-state index contributed by atoms with van der Waals surface area (Å²) in [5.74, 6) is -2.46. The number of hydrogen-bond donors (Lipinski definition) is 2. The molecule has 3 aromatic rings. The van der Waals surface area contributed by atoms with Crippen molar-refractivity contribution in [2.75, 3.05) is 16.6 Å². The van der Waals surface area contributed by atoms with Crippen LogP contribution < -0.4 is 14.8 Å². The van der Waals surface area contributed by atoms with Gasteiger partial charge in [-0.25, -0.2) is 17.2 Å².